The van der Waals surface area contributed by atoms with Gasteiger partial charge < -0.3 is 20.0 Å². The molecule has 3 N–H and O–H groups in total. The number of anilines is 2. The Hall–Kier alpha value is -3.13. The third-order valence-corrected chi connectivity index (χ3v) is 3.90. The van der Waals surface area contributed by atoms with Gasteiger partial charge in [-0.15, -0.1) is 0 Å². The lowest BCUT2D eigenvalue weighted by molar-refractivity contribution is -0.115. The van der Waals surface area contributed by atoms with Gasteiger partial charge in [0.1, 0.15) is 5.69 Å². The quantitative estimate of drug-likeness (QED) is 0.594. The van der Waals surface area contributed by atoms with E-state index in [2.05, 4.69) is 31.5 Å². The Morgan fingerprint density at radius 2 is 1.81 bits per heavy atom. The summed E-state index contributed by atoms with van der Waals surface area (Å²) in [7, 11) is 0. The number of carbonyl (C=O) groups is 2. The van der Waals surface area contributed by atoms with Crippen LogP contribution in [0.5, 0.6) is 0 Å². The van der Waals surface area contributed by atoms with Crippen LogP contribution >= 0.6 is 15.9 Å². The van der Waals surface area contributed by atoms with E-state index in [4.69, 9.17) is 4.42 Å². The molecule has 1 aromatic carbocycles. The highest BCUT2D eigenvalue weighted by Gasteiger charge is 2.11. The van der Waals surface area contributed by atoms with Crippen molar-refractivity contribution in [1.29, 1.82) is 0 Å². The van der Waals surface area contributed by atoms with Crippen LogP contribution in [0.4, 0.5) is 11.4 Å². The first-order valence-electron chi connectivity index (χ1n) is 7.64. The van der Waals surface area contributed by atoms with Gasteiger partial charge in [-0.05, 0) is 45.8 Å². The number of halogens is 1. The minimum Gasteiger partial charge on any atom is -0.444 e. The number of nitrogens with one attached hydrogen (secondary N) is 3. The van der Waals surface area contributed by atoms with Gasteiger partial charge >= 0.3 is 0 Å². The summed E-state index contributed by atoms with van der Waals surface area (Å²) in [5.74, 6) is -0.489. The number of pyridine rings is 1. The molecule has 0 bridgehead atoms. The highest BCUT2D eigenvalue weighted by atomic mass is 79.9. The first-order chi connectivity index (χ1) is 12.5. The van der Waals surface area contributed by atoms with E-state index in [1.54, 1.807) is 36.4 Å². The first kappa shape index (κ1) is 17.7. The predicted octanol–water partition coefficient (Wildman–Crippen LogP) is 3.16. The molecule has 3 rings (SSSR count). The number of amides is 2. The summed E-state index contributed by atoms with van der Waals surface area (Å²) < 4.78 is 5.66. The van der Waals surface area contributed by atoms with Crippen molar-refractivity contribution in [3.05, 3.63) is 81.1 Å². The molecule has 0 unspecified atom stereocenters. The van der Waals surface area contributed by atoms with E-state index >= 15 is 0 Å². The highest BCUT2D eigenvalue weighted by molar-refractivity contribution is 9.10. The van der Waals surface area contributed by atoms with E-state index in [1.165, 1.54) is 18.5 Å². The molecule has 0 atom stereocenters. The van der Waals surface area contributed by atoms with Crippen LogP contribution in [0.1, 0.15) is 16.1 Å². The number of hydrogen-bond donors (Lipinski definition) is 3. The summed E-state index contributed by atoms with van der Waals surface area (Å²) in [6.45, 7) is 0. The Bertz CT molecular complexity index is 992. The van der Waals surface area contributed by atoms with Crippen molar-refractivity contribution < 1.29 is 14.0 Å². The summed E-state index contributed by atoms with van der Waals surface area (Å²) in [6, 6.07) is 11.4. The molecular formula is C18H14BrN3O4. The van der Waals surface area contributed by atoms with Crippen molar-refractivity contribution in [2.24, 2.45) is 0 Å². The summed E-state index contributed by atoms with van der Waals surface area (Å²) >= 11 is 3.14. The van der Waals surface area contributed by atoms with Crippen LogP contribution in [0.3, 0.4) is 0 Å². The minimum absolute atomic E-state index is 0.105. The average Bonchev–Trinajstić information content (AvgIpc) is 3.05. The monoisotopic (exact) mass is 415 g/mol. The Kier molecular flexibility index (Phi) is 5.33. The van der Waals surface area contributed by atoms with Crippen molar-refractivity contribution in [2.45, 2.75) is 6.42 Å². The van der Waals surface area contributed by atoms with E-state index in [9.17, 15) is 14.4 Å². The molecule has 8 heteroatoms. The highest BCUT2D eigenvalue weighted by Crippen LogP contribution is 2.16. The molecule has 2 aromatic heterocycles. The normalized spacial score (nSPS) is 10.3. The van der Waals surface area contributed by atoms with E-state index in [-0.39, 0.29) is 35.1 Å². The fourth-order valence-electron chi connectivity index (χ4n) is 2.23. The van der Waals surface area contributed by atoms with Gasteiger partial charge in [-0.3, -0.25) is 14.4 Å². The number of aromatic amines is 1. The molecule has 0 aliphatic heterocycles. The third-order valence-electron chi connectivity index (χ3n) is 3.47. The molecule has 0 aliphatic rings. The SMILES string of the molecule is O=C(Cc1ccc(NC(=O)c2ccc(Br)o2)cc1)Nc1c[nH]ccc1=O. The van der Waals surface area contributed by atoms with E-state index in [1.807, 2.05) is 0 Å². The number of aromatic nitrogens is 1. The fraction of sp³-hybridized carbons (Fsp3) is 0.0556. The molecule has 0 spiro atoms. The molecule has 2 amide bonds. The van der Waals surface area contributed by atoms with Crippen LogP contribution < -0.4 is 16.1 Å². The lowest BCUT2D eigenvalue weighted by Gasteiger charge is -2.06. The standard InChI is InChI=1S/C18H14BrN3O4/c19-16-6-5-15(26-16)18(25)21-12-3-1-11(2-4-12)9-17(24)22-13-10-20-8-7-14(13)23/h1-8,10H,9H2,(H,20,23)(H,21,25)(H,22,24). The lowest BCUT2D eigenvalue weighted by Crippen LogP contribution is -2.19. The zero-order chi connectivity index (χ0) is 18.5. The van der Waals surface area contributed by atoms with Gasteiger partial charge in [-0.25, -0.2) is 0 Å². The minimum atomic E-state index is -0.371. The Morgan fingerprint density at radius 3 is 2.46 bits per heavy atom. The van der Waals surface area contributed by atoms with Gasteiger partial charge in [0.15, 0.2) is 10.4 Å². The van der Waals surface area contributed by atoms with Crippen LogP contribution in [0.25, 0.3) is 0 Å². The molecule has 0 radical (unpaired) electrons. The van der Waals surface area contributed by atoms with Crippen molar-refractivity contribution in [1.82, 2.24) is 4.98 Å². The van der Waals surface area contributed by atoms with E-state index in [0.29, 0.717) is 10.4 Å². The van der Waals surface area contributed by atoms with Crippen molar-refractivity contribution >= 4 is 39.1 Å². The van der Waals surface area contributed by atoms with Gasteiger partial charge in [-0.1, -0.05) is 12.1 Å². The number of hydrogen-bond acceptors (Lipinski definition) is 4. The summed E-state index contributed by atoms with van der Waals surface area (Å²) in [4.78, 5) is 38.4. The second kappa shape index (κ2) is 7.83. The maximum Gasteiger partial charge on any atom is 0.291 e. The molecule has 0 saturated carbocycles. The maximum absolute atomic E-state index is 12.0. The van der Waals surface area contributed by atoms with Crippen molar-refractivity contribution in [2.75, 3.05) is 10.6 Å². The van der Waals surface area contributed by atoms with Crippen LogP contribution in [0.2, 0.25) is 0 Å². The lowest BCUT2D eigenvalue weighted by atomic mass is 10.1. The molecule has 132 valence electrons. The number of H-pyrrole nitrogens is 1. The predicted molar refractivity (Wildman–Crippen MR) is 100 cm³/mol. The Labute approximate surface area is 156 Å². The molecule has 0 aliphatic carbocycles. The van der Waals surface area contributed by atoms with E-state index in [0.717, 1.165) is 5.56 Å². The van der Waals surface area contributed by atoms with Gasteiger partial charge in [-0.2, -0.15) is 0 Å². The summed E-state index contributed by atoms with van der Waals surface area (Å²) in [5, 5.41) is 5.26. The summed E-state index contributed by atoms with van der Waals surface area (Å²) in [5.41, 5.74) is 1.26. The van der Waals surface area contributed by atoms with Crippen molar-refractivity contribution in [3.63, 3.8) is 0 Å². The van der Waals surface area contributed by atoms with Crippen LogP contribution in [0, 0.1) is 0 Å². The Balaban J connectivity index is 1.59. The van der Waals surface area contributed by atoms with Gasteiger partial charge in [0.2, 0.25) is 11.3 Å². The Morgan fingerprint density at radius 1 is 1.04 bits per heavy atom. The van der Waals surface area contributed by atoms with Crippen LogP contribution in [-0.4, -0.2) is 16.8 Å². The van der Waals surface area contributed by atoms with Gasteiger partial charge in [0.05, 0.1) is 6.42 Å². The molecule has 0 fully saturated rings. The largest absolute Gasteiger partial charge is 0.444 e. The fourth-order valence-corrected chi connectivity index (χ4v) is 2.54. The van der Waals surface area contributed by atoms with Crippen LogP contribution in [0.15, 0.2) is 68.7 Å². The number of rotatable bonds is 5. The molecule has 0 saturated heterocycles. The molecule has 7 nitrogen and oxygen atoms in total. The topological polar surface area (TPSA) is 104 Å². The maximum atomic E-state index is 12.0. The molecular weight excluding hydrogens is 402 g/mol. The zero-order valence-corrected chi connectivity index (χ0v) is 15.0. The molecule has 3 aromatic rings. The second-order valence-electron chi connectivity index (χ2n) is 5.40. The zero-order valence-electron chi connectivity index (χ0n) is 13.4. The first-order valence-corrected chi connectivity index (χ1v) is 8.43. The smallest absolute Gasteiger partial charge is 0.291 e. The average molecular weight is 416 g/mol. The van der Waals surface area contributed by atoms with Gasteiger partial charge in [0, 0.05) is 24.1 Å². The second-order valence-corrected chi connectivity index (χ2v) is 6.18. The van der Waals surface area contributed by atoms with E-state index < -0.39 is 0 Å². The number of benzene rings is 1. The van der Waals surface area contributed by atoms with Gasteiger partial charge in [0.25, 0.3) is 5.91 Å². The number of furan rings is 1. The molecule has 26 heavy (non-hydrogen) atoms. The number of carbonyl (C=O) groups excluding carboxylic acids is 2. The van der Waals surface area contributed by atoms with Crippen LogP contribution in [-0.2, 0) is 11.2 Å². The van der Waals surface area contributed by atoms with Crippen molar-refractivity contribution in [3.8, 4) is 0 Å². The molecule has 2 heterocycles. The summed E-state index contributed by atoms with van der Waals surface area (Å²) in [6.07, 6.45) is 3.03. The third kappa shape index (κ3) is 4.48.